The summed E-state index contributed by atoms with van der Waals surface area (Å²) in [6.45, 7) is 2.56. The third-order valence-corrected chi connectivity index (χ3v) is 3.56. The molecule has 0 saturated carbocycles. The predicted molar refractivity (Wildman–Crippen MR) is 74.2 cm³/mol. The normalized spacial score (nSPS) is 19.5. The molecule has 1 heterocycles. The second kappa shape index (κ2) is 6.10. The van der Waals surface area contributed by atoms with E-state index in [9.17, 15) is 4.39 Å². The number of nitrogens with zero attached hydrogens (tertiary/aromatic N) is 1. The van der Waals surface area contributed by atoms with E-state index in [0.717, 1.165) is 38.2 Å². The van der Waals surface area contributed by atoms with Crippen LogP contribution in [0.25, 0.3) is 0 Å². The molecule has 1 aliphatic heterocycles. The monoisotopic (exact) mass is 268 g/mol. The largest absolute Gasteiger partial charge is 0.494 e. The van der Waals surface area contributed by atoms with Gasteiger partial charge in [0, 0.05) is 32.3 Å². The van der Waals surface area contributed by atoms with Gasteiger partial charge >= 0.3 is 0 Å². The number of ether oxygens (including phenoxy) is 2. The number of nitrogens with two attached hydrogens (primary N) is 1. The van der Waals surface area contributed by atoms with Gasteiger partial charge in [-0.15, -0.1) is 0 Å². The van der Waals surface area contributed by atoms with Crippen molar-refractivity contribution in [2.24, 2.45) is 5.92 Å². The minimum Gasteiger partial charge on any atom is -0.494 e. The second-order valence-corrected chi connectivity index (χ2v) is 4.96. The van der Waals surface area contributed by atoms with Gasteiger partial charge in [-0.3, -0.25) is 0 Å². The van der Waals surface area contributed by atoms with E-state index in [1.807, 2.05) is 0 Å². The maximum absolute atomic E-state index is 13.6. The first-order valence-corrected chi connectivity index (χ1v) is 6.52. The molecule has 1 fully saturated rings. The molecule has 0 bridgehead atoms. The Kier molecular flexibility index (Phi) is 4.47. The van der Waals surface area contributed by atoms with Crippen LogP contribution in [0.1, 0.15) is 12.8 Å². The van der Waals surface area contributed by atoms with Crippen molar-refractivity contribution < 1.29 is 13.9 Å². The van der Waals surface area contributed by atoms with Gasteiger partial charge in [0.1, 0.15) is 0 Å². The molecule has 1 unspecified atom stereocenters. The van der Waals surface area contributed by atoms with Gasteiger partial charge < -0.3 is 20.1 Å². The lowest BCUT2D eigenvalue weighted by molar-refractivity contribution is 0.143. The third-order valence-electron chi connectivity index (χ3n) is 3.56. The minimum absolute atomic E-state index is 0.234. The van der Waals surface area contributed by atoms with E-state index in [-0.39, 0.29) is 5.75 Å². The molecule has 2 rings (SSSR count). The van der Waals surface area contributed by atoms with E-state index in [1.165, 1.54) is 13.2 Å². The average Bonchev–Trinajstić information content (AvgIpc) is 2.39. The van der Waals surface area contributed by atoms with Gasteiger partial charge in [0.25, 0.3) is 0 Å². The van der Waals surface area contributed by atoms with Gasteiger partial charge in [0.2, 0.25) is 0 Å². The Labute approximate surface area is 113 Å². The zero-order valence-corrected chi connectivity index (χ0v) is 11.5. The summed E-state index contributed by atoms with van der Waals surface area (Å²) in [4.78, 5) is 2.18. The second-order valence-electron chi connectivity index (χ2n) is 4.96. The summed E-state index contributed by atoms with van der Waals surface area (Å²) in [6.07, 6.45) is 2.25. The van der Waals surface area contributed by atoms with Crippen molar-refractivity contribution >= 4 is 11.4 Å². The van der Waals surface area contributed by atoms with Crippen LogP contribution in [0.15, 0.2) is 12.1 Å². The maximum Gasteiger partial charge on any atom is 0.167 e. The Morgan fingerprint density at radius 1 is 1.42 bits per heavy atom. The zero-order valence-electron chi connectivity index (χ0n) is 11.5. The number of rotatable bonds is 4. The summed E-state index contributed by atoms with van der Waals surface area (Å²) >= 11 is 0. The number of methoxy groups -OCH3 is 2. The van der Waals surface area contributed by atoms with E-state index in [2.05, 4.69) is 4.90 Å². The molecule has 0 spiro atoms. The molecular formula is C14H21FN2O2. The summed E-state index contributed by atoms with van der Waals surface area (Å²) in [5.74, 6) is 0.307. The molecule has 0 amide bonds. The topological polar surface area (TPSA) is 47.7 Å². The van der Waals surface area contributed by atoms with Crippen molar-refractivity contribution in [3.05, 3.63) is 17.9 Å². The SMILES string of the molecule is COCC1CCCN(c2cc(OC)c(F)cc2N)C1. The number of anilines is 2. The molecule has 5 heteroatoms. The Balaban J connectivity index is 2.20. The number of piperidine rings is 1. The highest BCUT2D eigenvalue weighted by molar-refractivity contribution is 5.70. The molecule has 4 nitrogen and oxygen atoms in total. The molecule has 1 aromatic carbocycles. The highest BCUT2D eigenvalue weighted by Gasteiger charge is 2.22. The standard InChI is InChI=1S/C14H21FN2O2/c1-18-9-10-4-3-5-17(8-10)13-7-14(19-2)11(15)6-12(13)16/h6-7,10H,3-5,8-9,16H2,1-2H3. The lowest BCUT2D eigenvalue weighted by atomic mass is 9.98. The van der Waals surface area contributed by atoms with Crippen LogP contribution in [0.5, 0.6) is 5.75 Å². The van der Waals surface area contributed by atoms with Crippen molar-refractivity contribution in [1.29, 1.82) is 0 Å². The summed E-state index contributed by atoms with van der Waals surface area (Å²) < 4.78 is 23.8. The van der Waals surface area contributed by atoms with Crippen molar-refractivity contribution in [3.63, 3.8) is 0 Å². The maximum atomic E-state index is 13.6. The first-order valence-electron chi connectivity index (χ1n) is 6.52. The number of nitrogen functional groups attached to an aromatic ring is 1. The van der Waals surface area contributed by atoms with Gasteiger partial charge in [-0.05, 0) is 18.8 Å². The van der Waals surface area contributed by atoms with Crippen LogP contribution in [-0.4, -0.2) is 33.9 Å². The van der Waals surface area contributed by atoms with Crippen molar-refractivity contribution in [2.45, 2.75) is 12.8 Å². The van der Waals surface area contributed by atoms with Gasteiger partial charge in [-0.25, -0.2) is 4.39 Å². The molecule has 1 aromatic rings. The molecule has 0 radical (unpaired) electrons. The summed E-state index contributed by atoms with van der Waals surface area (Å²) in [5, 5.41) is 0. The summed E-state index contributed by atoms with van der Waals surface area (Å²) in [7, 11) is 3.18. The first kappa shape index (κ1) is 13.9. The van der Waals surface area contributed by atoms with E-state index in [0.29, 0.717) is 11.6 Å². The minimum atomic E-state index is -0.422. The van der Waals surface area contributed by atoms with E-state index >= 15 is 0 Å². The van der Waals surface area contributed by atoms with Gasteiger partial charge in [0.05, 0.1) is 25.1 Å². The summed E-state index contributed by atoms with van der Waals surface area (Å²) in [6, 6.07) is 3.01. The zero-order chi connectivity index (χ0) is 13.8. The van der Waals surface area contributed by atoms with Crippen molar-refractivity contribution in [1.82, 2.24) is 0 Å². The molecular weight excluding hydrogens is 247 g/mol. The van der Waals surface area contributed by atoms with Crippen LogP contribution in [-0.2, 0) is 4.74 Å². The van der Waals surface area contributed by atoms with E-state index in [4.69, 9.17) is 15.2 Å². The van der Waals surface area contributed by atoms with E-state index < -0.39 is 5.82 Å². The summed E-state index contributed by atoms with van der Waals surface area (Å²) in [5.41, 5.74) is 7.23. The van der Waals surface area contributed by atoms with Gasteiger partial charge in [-0.2, -0.15) is 0 Å². The lowest BCUT2D eigenvalue weighted by Gasteiger charge is -2.35. The Morgan fingerprint density at radius 3 is 2.89 bits per heavy atom. The van der Waals surface area contributed by atoms with Crippen LogP contribution in [0.4, 0.5) is 15.8 Å². The molecule has 1 atom stereocenters. The number of hydrogen-bond donors (Lipinski definition) is 1. The van der Waals surface area contributed by atoms with Crippen LogP contribution < -0.4 is 15.4 Å². The molecule has 1 saturated heterocycles. The molecule has 0 aromatic heterocycles. The highest BCUT2D eigenvalue weighted by atomic mass is 19.1. The Hall–Kier alpha value is -1.49. The van der Waals surface area contributed by atoms with Crippen molar-refractivity contribution in [2.75, 3.05) is 44.5 Å². The third kappa shape index (κ3) is 3.10. The quantitative estimate of drug-likeness (QED) is 0.851. The molecule has 2 N–H and O–H groups in total. The van der Waals surface area contributed by atoms with Gasteiger partial charge in [-0.1, -0.05) is 0 Å². The average molecular weight is 268 g/mol. The van der Waals surface area contributed by atoms with Gasteiger partial charge in [0.15, 0.2) is 11.6 Å². The smallest absolute Gasteiger partial charge is 0.167 e. The van der Waals surface area contributed by atoms with Crippen LogP contribution in [0.3, 0.4) is 0 Å². The molecule has 106 valence electrons. The van der Waals surface area contributed by atoms with Crippen LogP contribution >= 0.6 is 0 Å². The fourth-order valence-electron chi connectivity index (χ4n) is 2.64. The molecule has 1 aliphatic rings. The fourth-order valence-corrected chi connectivity index (χ4v) is 2.64. The van der Waals surface area contributed by atoms with Crippen molar-refractivity contribution in [3.8, 4) is 5.75 Å². The predicted octanol–water partition coefficient (Wildman–Crippen LogP) is 2.28. The molecule has 19 heavy (non-hydrogen) atoms. The number of hydrogen-bond acceptors (Lipinski definition) is 4. The Morgan fingerprint density at radius 2 is 2.21 bits per heavy atom. The van der Waals surface area contributed by atoms with Crippen LogP contribution in [0, 0.1) is 11.7 Å². The van der Waals surface area contributed by atoms with Crippen LogP contribution in [0.2, 0.25) is 0 Å². The molecule has 0 aliphatic carbocycles. The van der Waals surface area contributed by atoms with E-state index in [1.54, 1.807) is 13.2 Å². The number of halogens is 1. The highest BCUT2D eigenvalue weighted by Crippen LogP contribution is 2.33. The lowest BCUT2D eigenvalue weighted by Crippen LogP contribution is -2.37. The number of benzene rings is 1. The Bertz CT molecular complexity index is 438. The fraction of sp³-hybridized carbons (Fsp3) is 0.571. The first-order chi connectivity index (χ1) is 9.15.